The lowest BCUT2D eigenvalue weighted by atomic mass is 10.5. The van der Waals surface area contributed by atoms with E-state index < -0.39 is 0 Å². The van der Waals surface area contributed by atoms with Gasteiger partial charge in [-0.3, -0.25) is 4.68 Å². The van der Waals surface area contributed by atoms with Crippen LogP contribution in [0.25, 0.3) is 0 Å². The van der Waals surface area contributed by atoms with Crippen molar-refractivity contribution in [1.29, 1.82) is 0 Å². The van der Waals surface area contributed by atoms with Crippen LogP contribution in [0.1, 0.15) is 5.69 Å². The monoisotopic (exact) mass is 125 g/mol. The molecule has 0 aromatic carbocycles. The molecule has 0 radical (unpaired) electrons. The van der Waals surface area contributed by atoms with Crippen LogP contribution >= 0.6 is 0 Å². The van der Waals surface area contributed by atoms with Crippen molar-refractivity contribution in [3.63, 3.8) is 0 Å². The van der Waals surface area contributed by atoms with Gasteiger partial charge in [0.25, 0.3) is 0 Å². The lowest BCUT2D eigenvalue weighted by Crippen LogP contribution is -1.85. The zero-order valence-corrected chi connectivity index (χ0v) is 5.02. The summed E-state index contributed by atoms with van der Waals surface area (Å²) >= 11 is 0. The first kappa shape index (κ1) is 5.74. The van der Waals surface area contributed by atoms with Crippen molar-refractivity contribution in [2.75, 3.05) is 0 Å². The third-order valence-electron chi connectivity index (χ3n) is 0.827. The molecule has 0 saturated heterocycles. The summed E-state index contributed by atoms with van der Waals surface area (Å²) in [6, 6.07) is 0. The minimum atomic E-state index is 0.667. The van der Waals surface area contributed by atoms with E-state index in [0.717, 1.165) is 0 Å². The van der Waals surface area contributed by atoms with Crippen LogP contribution in [0.5, 0.6) is 0 Å². The molecule has 1 rings (SSSR count). The Labute approximate surface area is 52.2 Å². The minimum Gasteiger partial charge on any atom is -0.323 e. The summed E-state index contributed by atoms with van der Waals surface area (Å²) in [6.07, 6.45) is 3.16. The highest BCUT2D eigenvalue weighted by Gasteiger charge is 1.89. The molecule has 1 aromatic rings. The molecule has 0 aliphatic heterocycles. The molecule has 5 nitrogen and oxygen atoms in total. The Morgan fingerprint density at radius 3 is 3.11 bits per heavy atom. The Bertz CT molecular complexity index is 212. The van der Waals surface area contributed by atoms with Gasteiger partial charge in [-0.15, -0.1) is 5.10 Å². The van der Waals surface area contributed by atoms with Crippen LogP contribution in [-0.2, 0) is 7.05 Å². The zero-order chi connectivity index (χ0) is 6.69. The second kappa shape index (κ2) is 2.25. The highest BCUT2D eigenvalue weighted by atomic mass is 15.4. The third kappa shape index (κ3) is 1.25. The van der Waals surface area contributed by atoms with Gasteiger partial charge < -0.3 is 5.84 Å². The van der Waals surface area contributed by atoms with Crippen LogP contribution in [0.4, 0.5) is 0 Å². The standard InChI is InChI=1S/C4H7N5/c1-9-3-4(2-6-5)7-8-9/h2-3H,5H2,1H3/b6-2+. The first-order valence-electron chi connectivity index (χ1n) is 2.42. The number of hydrazone groups is 1. The van der Waals surface area contributed by atoms with Gasteiger partial charge in [-0.25, -0.2) is 0 Å². The van der Waals surface area contributed by atoms with Crippen molar-refractivity contribution in [3.8, 4) is 0 Å². The molecule has 2 N–H and O–H groups in total. The van der Waals surface area contributed by atoms with E-state index in [9.17, 15) is 0 Å². The Morgan fingerprint density at radius 1 is 1.89 bits per heavy atom. The van der Waals surface area contributed by atoms with Crippen LogP contribution < -0.4 is 5.84 Å². The van der Waals surface area contributed by atoms with Gasteiger partial charge in [0.2, 0.25) is 0 Å². The van der Waals surface area contributed by atoms with Gasteiger partial charge in [-0.1, -0.05) is 5.21 Å². The summed E-state index contributed by atoms with van der Waals surface area (Å²) in [6.45, 7) is 0. The van der Waals surface area contributed by atoms with Crippen LogP contribution in [0.3, 0.4) is 0 Å². The molecular formula is C4H7N5. The zero-order valence-electron chi connectivity index (χ0n) is 5.02. The molecule has 48 valence electrons. The smallest absolute Gasteiger partial charge is 0.125 e. The number of aryl methyl sites for hydroxylation is 1. The Morgan fingerprint density at radius 2 is 2.67 bits per heavy atom. The topological polar surface area (TPSA) is 69.1 Å². The summed E-state index contributed by atoms with van der Waals surface area (Å²) in [5.41, 5.74) is 0.667. The molecule has 0 amide bonds. The number of rotatable bonds is 1. The third-order valence-corrected chi connectivity index (χ3v) is 0.827. The van der Waals surface area contributed by atoms with Gasteiger partial charge in [0.1, 0.15) is 5.69 Å². The van der Waals surface area contributed by atoms with Crippen molar-refractivity contribution < 1.29 is 0 Å². The largest absolute Gasteiger partial charge is 0.323 e. The molecule has 0 saturated carbocycles. The molecule has 0 atom stereocenters. The van der Waals surface area contributed by atoms with Crippen molar-refractivity contribution in [3.05, 3.63) is 11.9 Å². The van der Waals surface area contributed by atoms with Gasteiger partial charge in [0, 0.05) is 7.05 Å². The molecule has 1 heterocycles. The molecule has 0 bridgehead atoms. The van der Waals surface area contributed by atoms with Gasteiger partial charge >= 0.3 is 0 Å². The van der Waals surface area contributed by atoms with Crippen molar-refractivity contribution >= 4 is 6.21 Å². The summed E-state index contributed by atoms with van der Waals surface area (Å²) in [4.78, 5) is 0. The average Bonchev–Trinajstić information content (AvgIpc) is 2.17. The van der Waals surface area contributed by atoms with E-state index in [4.69, 9.17) is 5.84 Å². The van der Waals surface area contributed by atoms with E-state index >= 15 is 0 Å². The van der Waals surface area contributed by atoms with E-state index in [0.29, 0.717) is 5.69 Å². The fraction of sp³-hybridized carbons (Fsp3) is 0.250. The number of aromatic nitrogens is 3. The molecular weight excluding hydrogens is 118 g/mol. The maximum Gasteiger partial charge on any atom is 0.125 e. The summed E-state index contributed by atoms with van der Waals surface area (Å²) in [5.74, 6) is 4.86. The maximum atomic E-state index is 4.86. The van der Waals surface area contributed by atoms with E-state index in [1.165, 1.54) is 6.21 Å². The summed E-state index contributed by atoms with van der Waals surface area (Å²) < 4.78 is 1.58. The van der Waals surface area contributed by atoms with Gasteiger partial charge in [-0.2, -0.15) is 5.10 Å². The molecule has 0 aliphatic carbocycles. The van der Waals surface area contributed by atoms with Crippen LogP contribution in [0.2, 0.25) is 0 Å². The molecule has 1 aromatic heterocycles. The first-order valence-corrected chi connectivity index (χ1v) is 2.42. The molecule has 5 heteroatoms. The van der Waals surface area contributed by atoms with E-state index in [1.807, 2.05) is 0 Å². The quantitative estimate of drug-likeness (QED) is 0.300. The minimum absolute atomic E-state index is 0.667. The van der Waals surface area contributed by atoms with Crippen LogP contribution in [-0.4, -0.2) is 21.2 Å². The average molecular weight is 125 g/mol. The van der Waals surface area contributed by atoms with Gasteiger partial charge in [-0.05, 0) is 0 Å². The second-order valence-electron chi connectivity index (χ2n) is 1.60. The lowest BCUT2D eigenvalue weighted by Gasteiger charge is -1.76. The molecule has 0 spiro atoms. The Hall–Kier alpha value is -1.39. The Balaban J connectivity index is 2.85. The van der Waals surface area contributed by atoms with Crippen molar-refractivity contribution in [1.82, 2.24) is 15.0 Å². The molecule has 0 aliphatic rings. The van der Waals surface area contributed by atoms with E-state index in [-0.39, 0.29) is 0 Å². The van der Waals surface area contributed by atoms with Crippen molar-refractivity contribution in [2.24, 2.45) is 18.0 Å². The number of nitrogens with two attached hydrogens (primary N) is 1. The van der Waals surface area contributed by atoms with Crippen LogP contribution in [0, 0.1) is 0 Å². The number of hydrogen-bond acceptors (Lipinski definition) is 4. The summed E-state index contributed by atoms with van der Waals surface area (Å²) in [5, 5.41) is 10.6. The predicted molar refractivity (Wildman–Crippen MR) is 32.8 cm³/mol. The normalized spacial score (nSPS) is 10.8. The van der Waals surface area contributed by atoms with E-state index in [2.05, 4.69) is 15.4 Å². The number of hydrogen-bond donors (Lipinski definition) is 1. The summed E-state index contributed by atoms with van der Waals surface area (Å²) in [7, 11) is 1.78. The second-order valence-corrected chi connectivity index (χ2v) is 1.60. The Kier molecular flexibility index (Phi) is 1.44. The fourth-order valence-electron chi connectivity index (χ4n) is 0.501. The molecule has 0 unspecified atom stereocenters. The first-order chi connectivity index (χ1) is 4.33. The lowest BCUT2D eigenvalue weighted by molar-refractivity contribution is 0.714. The predicted octanol–water partition coefficient (Wildman–Crippen LogP) is -0.892. The highest BCUT2D eigenvalue weighted by molar-refractivity contribution is 5.75. The van der Waals surface area contributed by atoms with Crippen molar-refractivity contribution in [2.45, 2.75) is 0 Å². The number of nitrogens with zero attached hydrogens (tertiary/aromatic N) is 4. The molecule has 9 heavy (non-hydrogen) atoms. The van der Waals surface area contributed by atoms with Gasteiger partial charge in [0.05, 0.1) is 12.4 Å². The SMILES string of the molecule is Cn1cc(/C=N/N)nn1. The molecule has 0 fully saturated rings. The fourth-order valence-corrected chi connectivity index (χ4v) is 0.501. The van der Waals surface area contributed by atoms with Gasteiger partial charge in [0.15, 0.2) is 0 Å². The highest BCUT2D eigenvalue weighted by Crippen LogP contribution is 1.82. The maximum absolute atomic E-state index is 4.86. The van der Waals surface area contributed by atoms with Crippen LogP contribution in [0.15, 0.2) is 11.3 Å². The van der Waals surface area contributed by atoms with E-state index in [1.54, 1.807) is 17.9 Å².